The van der Waals surface area contributed by atoms with Crippen LogP contribution < -0.4 is 5.11 Å². The van der Waals surface area contributed by atoms with E-state index in [9.17, 15) is 24.3 Å². The summed E-state index contributed by atoms with van der Waals surface area (Å²) >= 11 is 0. The van der Waals surface area contributed by atoms with E-state index in [1.807, 2.05) is 0 Å². The first kappa shape index (κ1) is 12.7. The number of aliphatic carboxylic acids is 1. The predicted molar refractivity (Wildman–Crippen MR) is 59.1 cm³/mol. The molecule has 1 saturated heterocycles. The smallest absolute Gasteiger partial charge is 0.334 e. The summed E-state index contributed by atoms with van der Waals surface area (Å²) in [6.07, 6.45) is 0. The molecule has 19 heavy (non-hydrogen) atoms. The highest BCUT2D eigenvalue weighted by atomic mass is 16.4. The first-order chi connectivity index (χ1) is 9.00. The number of nitrogens with zero attached hydrogens (tertiary/aromatic N) is 2. The molecule has 7 nitrogen and oxygen atoms in total. The van der Waals surface area contributed by atoms with Crippen LogP contribution in [0.4, 0.5) is 4.79 Å². The first-order valence-electron chi connectivity index (χ1n) is 5.42. The van der Waals surface area contributed by atoms with Gasteiger partial charge in [-0.25, -0.2) is 9.69 Å². The van der Waals surface area contributed by atoms with Crippen molar-refractivity contribution in [1.82, 2.24) is 9.80 Å². The van der Waals surface area contributed by atoms with Crippen LogP contribution in [0.25, 0.3) is 0 Å². The van der Waals surface area contributed by atoms with Crippen LogP contribution in [-0.4, -0.2) is 40.2 Å². The van der Waals surface area contributed by atoms with Gasteiger partial charge in [0.1, 0.15) is 0 Å². The molecular weight excluding hydrogens is 252 g/mol. The van der Waals surface area contributed by atoms with Crippen LogP contribution in [-0.2, 0) is 20.9 Å². The van der Waals surface area contributed by atoms with E-state index in [4.69, 9.17) is 0 Å². The summed E-state index contributed by atoms with van der Waals surface area (Å²) in [7, 11) is 0. The van der Waals surface area contributed by atoms with Crippen LogP contribution in [0.5, 0.6) is 0 Å². The fraction of sp³-hybridized carbons (Fsp3) is 0.167. The second-order valence-electron chi connectivity index (χ2n) is 3.92. The summed E-state index contributed by atoms with van der Waals surface area (Å²) in [6.45, 7) is -0.998. The highest BCUT2D eigenvalue weighted by molar-refractivity contribution is 6.44. The Labute approximate surface area is 108 Å². The van der Waals surface area contributed by atoms with Gasteiger partial charge in [0.25, 0.3) is 0 Å². The number of carbonyl (C=O) groups excluding carboxylic acids is 4. The molecule has 0 saturated carbocycles. The van der Waals surface area contributed by atoms with Crippen LogP contribution >= 0.6 is 0 Å². The number of carboxylic acid groups (broad SMARTS) is 1. The minimum atomic E-state index is -1.60. The zero-order chi connectivity index (χ0) is 14.0. The van der Waals surface area contributed by atoms with Crippen molar-refractivity contribution in [3.05, 3.63) is 35.9 Å². The van der Waals surface area contributed by atoms with Gasteiger partial charge in [0.05, 0.1) is 19.1 Å². The van der Waals surface area contributed by atoms with E-state index < -0.39 is 30.4 Å². The van der Waals surface area contributed by atoms with Gasteiger partial charge in [0, 0.05) is 0 Å². The lowest BCUT2D eigenvalue weighted by Gasteiger charge is -2.15. The SMILES string of the molecule is O=C([O-])CN1C(=O)C(=O)N(Cc2ccccc2)C1=O. The summed E-state index contributed by atoms with van der Waals surface area (Å²) in [5.74, 6) is -3.78. The second-order valence-corrected chi connectivity index (χ2v) is 3.92. The van der Waals surface area contributed by atoms with Gasteiger partial charge >= 0.3 is 17.8 Å². The van der Waals surface area contributed by atoms with Crippen molar-refractivity contribution in [2.45, 2.75) is 6.54 Å². The molecule has 1 aliphatic rings. The normalized spacial score (nSPS) is 15.3. The maximum Gasteiger partial charge on any atom is 0.334 e. The number of amides is 4. The number of hydrogen-bond acceptors (Lipinski definition) is 5. The van der Waals surface area contributed by atoms with E-state index in [1.54, 1.807) is 30.3 Å². The van der Waals surface area contributed by atoms with Crippen molar-refractivity contribution in [3.8, 4) is 0 Å². The summed E-state index contributed by atoms with van der Waals surface area (Å²) in [5.41, 5.74) is 0.660. The lowest BCUT2D eigenvalue weighted by molar-refractivity contribution is -0.305. The average molecular weight is 261 g/mol. The summed E-state index contributed by atoms with van der Waals surface area (Å²) in [5, 5.41) is 10.4. The highest BCUT2D eigenvalue weighted by Crippen LogP contribution is 2.15. The molecule has 1 aliphatic heterocycles. The minimum absolute atomic E-state index is 0.0756. The van der Waals surface area contributed by atoms with Gasteiger partial charge in [-0.3, -0.25) is 14.5 Å². The molecule has 0 N–H and O–H groups in total. The van der Waals surface area contributed by atoms with Gasteiger partial charge in [-0.1, -0.05) is 30.3 Å². The molecule has 0 unspecified atom stereocenters. The van der Waals surface area contributed by atoms with Gasteiger partial charge in [-0.15, -0.1) is 0 Å². The van der Waals surface area contributed by atoms with Gasteiger partial charge in [0.2, 0.25) is 0 Å². The standard InChI is InChI=1S/C12H10N2O5/c15-9(16)7-14-11(18)10(17)13(12(14)19)6-8-4-2-1-3-5-8/h1-5H,6-7H2,(H,15,16)/p-1. The monoisotopic (exact) mass is 261 g/mol. The number of hydrogen-bond donors (Lipinski definition) is 0. The number of benzene rings is 1. The molecule has 0 bridgehead atoms. The number of imide groups is 2. The molecule has 0 spiro atoms. The van der Waals surface area contributed by atoms with Crippen molar-refractivity contribution in [1.29, 1.82) is 0 Å². The summed E-state index contributed by atoms with van der Waals surface area (Å²) in [6, 6.07) is 7.65. The molecule has 1 heterocycles. The van der Waals surface area contributed by atoms with Crippen molar-refractivity contribution < 1.29 is 24.3 Å². The Bertz CT molecular complexity index is 554. The van der Waals surface area contributed by atoms with Crippen LogP contribution in [0.15, 0.2) is 30.3 Å². The van der Waals surface area contributed by atoms with E-state index in [0.29, 0.717) is 15.4 Å². The van der Waals surface area contributed by atoms with E-state index in [-0.39, 0.29) is 6.54 Å². The largest absolute Gasteiger partial charge is 0.548 e. The van der Waals surface area contributed by atoms with Gasteiger partial charge in [0.15, 0.2) is 0 Å². The zero-order valence-electron chi connectivity index (χ0n) is 9.74. The third-order valence-corrected chi connectivity index (χ3v) is 2.61. The van der Waals surface area contributed by atoms with Crippen molar-refractivity contribution in [3.63, 3.8) is 0 Å². The molecule has 1 aromatic carbocycles. The Kier molecular flexibility index (Phi) is 3.28. The zero-order valence-corrected chi connectivity index (χ0v) is 9.74. The number of urea groups is 1. The highest BCUT2D eigenvalue weighted by Gasteiger charge is 2.44. The third kappa shape index (κ3) is 2.44. The first-order valence-corrected chi connectivity index (χ1v) is 5.42. The Morgan fingerprint density at radius 2 is 1.58 bits per heavy atom. The van der Waals surface area contributed by atoms with Crippen molar-refractivity contribution >= 4 is 23.8 Å². The van der Waals surface area contributed by atoms with E-state index in [2.05, 4.69) is 0 Å². The molecule has 1 fully saturated rings. The molecule has 4 amide bonds. The van der Waals surface area contributed by atoms with Crippen molar-refractivity contribution in [2.75, 3.05) is 6.54 Å². The van der Waals surface area contributed by atoms with Crippen molar-refractivity contribution in [2.24, 2.45) is 0 Å². The predicted octanol–water partition coefficient (Wildman–Crippen LogP) is -1.27. The average Bonchev–Trinajstić information content (AvgIpc) is 2.57. The number of carboxylic acids is 1. The summed E-state index contributed by atoms with van der Waals surface area (Å²) < 4.78 is 0. The number of rotatable bonds is 4. The molecule has 0 radical (unpaired) electrons. The Hall–Kier alpha value is -2.70. The van der Waals surface area contributed by atoms with E-state index in [0.717, 1.165) is 0 Å². The molecule has 7 heteroatoms. The van der Waals surface area contributed by atoms with Gasteiger partial charge < -0.3 is 9.90 Å². The molecule has 98 valence electrons. The molecular formula is C12H9N2O5-. The Balaban J connectivity index is 2.18. The minimum Gasteiger partial charge on any atom is -0.548 e. The lowest BCUT2D eigenvalue weighted by atomic mass is 10.2. The molecule has 0 atom stereocenters. The number of carbonyl (C=O) groups is 4. The lowest BCUT2D eigenvalue weighted by Crippen LogP contribution is -2.42. The third-order valence-electron chi connectivity index (χ3n) is 2.61. The second kappa shape index (κ2) is 4.89. The fourth-order valence-electron chi connectivity index (χ4n) is 1.72. The maximum absolute atomic E-state index is 11.8. The molecule has 0 aromatic heterocycles. The fourth-order valence-corrected chi connectivity index (χ4v) is 1.72. The maximum atomic E-state index is 11.8. The molecule has 2 rings (SSSR count). The Morgan fingerprint density at radius 3 is 2.16 bits per heavy atom. The van der Waals surface area contributed by atoms with Crippen LogP contribution in [0, 0.1) is 0 Å². The van der Waals surface area contributed by atoms with Crippen LogP contribution in [0.3, 0.4) is 0 Å². The Morgan fingerprint density at radius 1 is 1.00 bits per heavy atom. The quantitative estimate of drug-likeness (QED) is 0.497. The molecule has 1 aromatic rings. The topological polar surface area (TPSA) is 97.8 Å². The van der Waals surface area contributed by atoms with E-state index >= 15 is 0 Å². The van der Waals surface area contributed by atoms with E-state index in [1.165, 1.54) is 0 Å². The molecule has 0 aliphatic carbocycles. The van der Waals surface area contributed by atoms with Gasteiger partial charge in [-0.2, -0.15) is 0 Å². The summed E-state index contributed by atoms with van der Waals surface area (Å²) in [4.78, 5) is 46.4. The van der Waals surface area contributed by atoms with Gasteiger partial charge in [-0.05, 0) is 5.56 Å². The van der Waals surface area contributed by atoms with Crippen LogP contribution in [0.2, 0.25) is 0 Å². The van der Waals surface area contributed by atoms with Crippen LogP contribution in [0.1, 0.15) is 5.56 Å².